The highest BCUT2D eigenvalue weighted by molar-refractivity contribution is 7.11. The molecule has 0 fully saturated rings. The van der Waals surface area contributed by atoms with Gasteiger partial charge in [0.05, 0.1) is 17.0 Å². The summed E-state index contributed by atoms with van der Waals surface area (Å²) in [7, 11) is 0. The van der Waals surface area contributed by atoms with Gasteiger partial charge >= 0.3 is 0 Å². The molecule has 0 aliphatic heterocycles. The molecule has 0 unspecified atom stereocenters. The predicted molar refractivity (Wildman–Crippen MR) is 57.6 cm³/mol. The molecule has 0 radical (unpaired) electrons. The first-order chi connectivity index (χ1) is 6.79. The Balaban J connectivity index is 2.17. The van der Waals surface area contributed by atoms with Crippen molar-refractivity contribution in [1.82, 2.24) is 15.0 Å². The number of imidazole rings is 1. The number of nitrogens with zero attached hydrogens (tertiary/aromatic N) is 2. The molecule has 0 aromatic carbocycles. The van der Waals surface area contributed by atoms with E-state index in [1.807, 2.05) is 6.20 Å². The third-order valence-corrected chi connectivity index (χ3v) is 3.46. The fourth-order valence-electron chi connectivity index (χ4n) is 1.44. The van der Waals surface area contributed by atoms with E-state index in [4.69, 9.17) is 0 Å². The van der Waals surface area contributed by atoms with Crippen molar-refractivity contribution in [1.29, 1.82) is 0 Å². The van der Waals surface area contributed by atoms with Gasteiger partial charge < -0.3 is 4.98 Å². The predicted octanol–water partition coefficient (Wildman–Crippen LogP) is 2.33. The van der Waals surface area contributed by atoms with E-state index >= 15 is 0 Å². The van der Waals surface area contributed by atoms with E-state index in [1.54, 1.807) is 17.7 Å². The Morgan fingerprint density at radius 3 is 2.93 bits per heavy atom. The van der Waals surface area contributed by atoms with Gasteiger partial charge in [-0.05, 0) is 13.3 Å². The smallest absolute Gasteiger partial charge is 0.0990 e. The van der Waals surface area contributed by atoms with Crippen LogP contribution in [0.2, 0.25) is 0 Å². The summed E-state index contributed by atoms with van der Waals surface area (Å²) in [6.07, 6.45) is 5.50. The quantitative estimate of drug-likeness (QED) is 0.839. The Labute approximate surface area is 87.2 Å². The van der Waals surface area contributed by atoms with Gasteiger partial charge in [0, 0.05) is 23.2 Å². The zero-order valence-corrected chi connectivity index (χ0v) is 9.19. The average molecular weight is 207 g/mol. The molecule has 14 heavy (non-hydrogen) atoms. The van der Waals surface area contributed by atoms with Gasteiger partial charge in [-0.3, -0.25) is 0 Å². The van der Waals surface area contributed by atoms with E-state index in [0.29, 0.717) is 0 Å². The van der Waals surface area contributed by atoms with Crippen molar-refractivity contribution in [2.45, 2.75) is 26.7 Å². The van der Waals surface area contributed by atoms with Crippen LogP contribution in [0.25, 0.3) is 0 Å². The summed E-state index contributed by atoms with van der Waals surface area (Å²) in [4.78, 5) is 13.0. The van der Waals surface area contributed by atoms with E-state index in [1.165, 1.54) is 15.6 Å². The fraction of sp³-hybridized carbons (Fsp3) is 0.400. The van der Waals surface area contributed by atoms with Crippen LogP contribution in [0.15, 0.2) is 12.5 Å². The highest BCUT2D eigenvalue weighted by Crippen LogP contribution is 2.20. The monoisotopic (exact) mass is 207 g/mol. The van der Waals surface area contributed by atoms with Crippen LogP contribution in [-0.4, -0.2) is 15.0 Å². The molecule has 0 saturated heterocycles. The van der Waals surface area contributed by atoms with Crippen molar-refractivity contribution >= 4 is 11.3 Å². The summed E-state index contributed by atoms with van der Waals surface area (Å²) >= 11 is 1.80. The minimum atomic E-state index is 0.867. The number of aromatic amines is 1. The van der Waals surface area contributed by atoms with E-state index in [0.717, 1.165) is 18.5 Å². The molecular weight excluding hydrogens is 194 g/mol. The van der Waals surface area contributed by atoms with E-state index < -0.39 is 0 Å². The lowest BCUT2D eigenvalue weighted by Crippen LogP contribution is -1.86. The number of hydrogen-bond acceptors (Lipinski definition) is 3. The van der Waals surface area contributed by atoms with Crippen molar-refractivity contribution in [3.8, 4) is 0 Å². The largest absolute Gasteiger partial charge is 0.348 e. The molecule has 2 heterocycles. The average Bonchev–Trinajstić information content (AvgIpc) is 2.76. The van der Waals surface area contributed by atoms with Crippen molar-refractivity contribution in [2.75, 3.05) is 0 Å². The highest BCUT2D eigenvalue weighted by atomic mass is 32.1. The first-order valence-corrected chi connectivity index (χ1v) is 5.53. The molecule has 2 aromatic rings. The highest BCUT2D eigenvalue weighted by Gasteiger charge is 2.06. The van der Waals surface area contributed by atoms with Gasteiger partial charge in [-0.1, -0.05) is 6.92 Å². The van der Waals surface area contributed by atoms with Crippen molar-refractivity contribution < 1.29 is 0 Å². The van der Waals surface area contributed by atoms with Crippen molar-refractivity contribution in [2.24, 2.45) is 0 Å². The van der Waals surface area contributed by atoms with Gasteiger partial charge in [0.15, 0.2) is 0 Å². The third-order valence-electron chi connectivity index (χ3n) is 2.15. The lowest BCUT2D eigenvalue weighted by Gasteiger charge is -1.89. The second-order valence-corrected chi connectivity index (χ2v) is 4.39. The molecule has 0 atom stereocenters. The van der Waals surface area contributed by atoms with Crippen LogP contribution in [0.3, 0.4) is 0 Å². The molecule has 4 heteroatoms. The molecule has 0 bridgehead atoms. The van der Waals surface area contributed by atoms with Crippen molar-refractivity contribution in [3.63, 3.8) is 0 Å². The Morgan fingerprint density at radius 1 is 1.50 bits per heavy atom. The summed E-state index contributed by atoms with van der Waals surface area (Å²) in [5.41, 5.74) is 2.30. The number of rotatable bonds is 3. The lowest BCUT2D eigenvalue weighted by atomic mass is 10.3. The van der Waals surface area contributed by atoms with Gasteiger partial charge in [0.1, 0.15) is 0 Å². The van der Waals surface area contributed by atoms with Gasteiger partial charge in [-0.15, -0.1) is 11.3 Å². The Kier molecular flexibility index (Phi) is 2.63. The van der Waals surface area contributed by atoms with Gasteiger partial charge in [0.25, 0.3) is 0 Å². The summed E-state index contributed by atoms with van der Waals surface area (Å²) < 4.78 is 0. The first kappa shape index (κ1) is 9.40. The van der Waals surface area contributed by atoms with Gasteiger partial charge in [0.2, 0.25) is 0 Å². The number of H-pyrrole nitrogens is 1. The molecule has 0 aliphatic rings. The van der Waals surface area contributed by atoms with Crippen LogP contribution in [0.5, 0.6) is 0 Å². The van der Waals surface area contributed by atoms with Crippen LogP contribution in [0.1, 0.15) is 28.2 Å². The first-order valence-electron chi connectivity index (χ1n) is 4.72. The van der Waals surface area contributed by atoms with Gasteiger partial charge in [-0.25, -0.2) is 9.97 Å². The van der Waals surface area contributed by atoms with E-state index in [9.17, 15) is 0 Å². The maximum absolute atomic E-state index is 4.53. The molecule has 0 spiro atoms. The van der Waals surface area contributed by atoms with Gasteiger partial charge in [-0.2, -0.15) is 0 Å². The van der Waals surface area contributed by atoms with Crippen LogP contribution >= 0.6 is 11.3 Å². The summed E-state index contributed by atoms with van der Waals surface area (Å²) in [6, 6.07) is 0. The molecular formula is C10H13N3S. The van der Waals surface area contributed by atoms with Crippen LogP contribution in [-0.2, 0) is 12.8 Å². The zero-order chi connectivity index (χ0) is 9.97. The number of aryl methyl sites for hydroxylation is 2. The standard InChI is InChI=1S/C10H13N3S/c1-3-9-7(2)13-10(14-9)4-8-5-11-6-12-8/h5-6H,3-4H2,1-2H3,(H,11,12). The van der Waals surface area contributed by atoms with Crippen LogP contribution in [0, 0.1) is 6.92 Å². The molecule has 1 N–H and O–H groups in total. The summed E-state index contributed by atoms with van der Waals surface area (Å²) in [5.74, 6) is 0. The molecule has 3 nitrogen and oxygen atoms in total. The fourth-order valence-corrected chi connectivity index (χ4v) is 2.47. The molecule has 2 aromatic heterocycles. The maximum atomic E-state index is 4.53. The molecule has 74 valence electrons. The molecule has 2 rings (SSSR count). The summed E-state index contributed by atoms with van der Waals surface area (Å²) in [5, 5.41) is 1.17. The maximum Gasteiger partial charge on any atom is 0.0990 e. The second kappa shape index (κ2) is 3.92. The minimum absolute atomic E-state index is 0.867. The second-order valence-electron chi connectivity index (χ2n) is 3.22. The number of hydrogen-bond donors (Lipinski definition) is 1. The number of nitrogens with one attached hydrogen (secondary N) is 1. The Hall–Kier alpha value is -1.16. The SMILES string of the molecule is CCc1sc(Cc2cnc[nH]2)nc1C. The number of thiazole rings is 1. The summed E-state index contributed by atoms with van der Waals surface area (Å²) in [6.45, 7) is 4.24. The molecule has 0 aliphatic carbocycles. The minimum Gasteiger partial charge on any atom is -0.348 e. The van der Waals surface area contributed by atoms with E-state index in [2.05, 4.69) is 28.8 Å². The number of aromatic nitrogens is 3. The zero-order valence-electron chi connectivity index (χ0n) is 8.37. The van der Waals surface area contributed by atoms with E-state index in [-0.39, 0.29) is 0 Å². The molecule has 0 saturated carbocycles. The van der Waals surface area contributed by atoms with Crippen LogP contribution < -0.4 is 0 Å². The Bertz CT molecular complexity index is 403. The third kappa shape index (κ3) is 1.85. The topological polar surface area (TPSA) is 41.6 Å². The van der Waals surface area contributed by atoms with Crippen molar-refractivity contribution in [3.05, 3.63) is 33.8 Å². The normalized spacial score (nSPS) is 10.7. The Morgan fingerprint density at radius 2 is 2.36 bits per heavy atom. The molecule has 0 amide bonds. The lowest BCUT2D eigenvalue weighted by molar-refractivity contribution is 1.04. The van der Waals surface area contributed by atoms with Crippen LogP contribution in [0.4, 0.5) is 0 Å².